The molecule has 1 aliphatic rings. The Bertz CT molecular complexity index is 461. The number of benzene rings is 1. The number of hydrogen-bond acceptors (Lipinski definition) is 2. The van der Waals surface area contributed by atoms with E-state index in [0.29, 0.717) is 0 Å². The number of rotatable bonds is 2. The van der Waals surface area contributed by atoms with Gasteiger partial charge in [-0.2, -0.15) is 13.2 Å². The minimum Gasteiger partial charge on any atom is -0.354 e. The first-order valence-electron chi connectivity index (χ1n) is 5.84. The molecule has 1 saturated heterocycles. The number of halogens is 3. The molecule has 0 bridgehead atoms. The van der Waals surface area contributed by atoms with Crippen molar-refractivity contribution in [2.24, 2.45) is 0 Å². The summed E-state index contributed by atoms with van der Waals surface area (Å²) in [6, 6.07) is 8.91. The lowest BCUT2D eigenvalue weighted by Crippen LogP contribution is -2.59. The molecule has 19 heavy (non-hydrogen) atoms. The van der Waals surface area contributed by atoms with Gasteiger partial charge in [0.1, 0.15) is 6.61 Å². The van der Waals surface area contributed by atoms with Gasteiger partial charge in [-0.25, -0.2) is 0 Å². The van der Waals surface area contributed by atoms with E-state index in [2.05, 4.69) is 0 Å². The van der Waals surface area contributed by atoms with Gasteiger partial charge in [-0.3, -0.25) is 4.79 Å². The number of ether oxygens (including phenoxy) is 1. The second kappa shape index (κ2) is 4.85. The molecule has 6 heteroatoms. The van der Waals surface area contributed by atoms with Crippen LogP contribution in [0.1, 0.15) is 12.5 Å². The van der Waals surface area contributed by atoms with Crippen LogP contribution in [0.2, 0.25) is 0 Å². The third-order valence-electron chi connectivity index (χ3n) is 3.18. The lowest BCUT2D eigenvalue weighted by atomic mass is 10.0. The van der Waals surface area contributed by atoms with E-state index in [1.54, 1.807) is 24.3 Å². The van der Waals surface area contributed by atoms with Gasteiger partial charge in [0.25, 0.3) is 0 Å². The van der Waals surface area contributed by atoms with Gasteiger partial charge in [-0.15, -0.1) is 0 Å². The van der Waals surface area contributed by atoms with Gasteiger partial charge in [0.15, 0.2) is 5.60 Å². The Morgan fingerprint density at radius 1 is 1.32 bits per heavy atom. The van der Waals surface area contributed by atoms with E-state index in [1.807, 2.05) is 6.07 Å². The maximum atomic E-state index is 12.9. The molecule has 1 heterocycles. The number of carbonyl (C=O) groups is 1. The lowest BCUT2D eigenvalue weighted by molar-refractivity contribution is -0.283. The standard InChI is InChI=1S/C13H14F3NO2/c1-12(13(14,15)16)9-17(11(18)8-19-12)7-10-5-3-2-4-6-10/h2-6H,7-9H2,1H3/t12-/m1/s1. The number of carbonyl (C=O) groups excluding carboxylic acids is 1. The Morgan fingerprint density at radius 2 is 1.95 bits per heavy atom. The molecule has 1 aliphatic heterocycles. The molecule has 1 aromatic carbocycles. The second-order valence-electron chi connectivity index (χ2n) is 4.75. The van der Waals surface area contributed by atoms with E-state index in [4.69, 9.17) is 4.74 Å². The van der Waals surface area contributed by atoms with Crippen LogP contribution in [-0.4, -0.2) is 35.7 Å². The average molecular weight is 273 g/mol. The van der Waals surface area contributed by atoms with Gasteiger partial charge >= 0.3 is 6.18 Å². The van der Waals surface area contributed by atoms with Crippen molar-refractivity contribution in [1.82, 2.24) is 4.90 Å². The van der Waals surface area contributed by atoms with Crippen molar-refractivity contribution in [3.63, 3.8) is 0 Å². The maximum absolute atomic E-state index is 12.9. The van der Waals surface area contributed by atoms with Gasteiger partial charge in [0.2, 0.25) is 5.91 Å². The van der Waals surface area contributed by atoms with Crippen LogP contribution in [0.4, 0.5) is 13.2 Å². The van der Waals surface area contributed by atoms with Crippen molar-refractivity contribution in [2.45, 2.75) is 25.2 Å². The Hall–Kier alpha value is -1.56. The van der Waals surface area contributed by atoms with Gasteiger partial charge in [-0.05, 0) is 12.5 Å². The maximum Gasteiger partial charge on any atom is 0.418 e. The van der Waals surface area contributed by atoms with Crippen LogP contribution in [0.3, 0.4) is 0 Å². The highest BCUT2D eigenvalue weighted by Crippen LogP contribution is 2.36. The molecular weight excluding hydrogens is 259 g/mol. The zero-order valence-electron chi connectivity index (χ0n) is 10.4. The molecule has 1 aromatic rings. The van der Waals surface area contributed by atoms with E-state index < -0.39 is 30.8 Å². The fourth-order valence-corrected chi connectivity index (χ4v) is 1.93. The molecule has 1 amide bonds. The fourth-order valence-electron chi connectivity index (χ4n) is 1.93. The van der Waals surface area contributed by atoms with Crippen molar-refractivity contribution >= 4 is 5.91 Å². The Labute approximate surface area is 109 Å². The van der Waals surface area contributed by atoms with Crippen LogP contribution in [0.25, 0.3) is 0 Å². The fraction of sp³-hybridized carbons (Fsp3) is 0.462. The summed E-state index contributed by atoms with van der Waals surface area (Å²) in [5.74, 6) is -0.425. The highest BCUT2D eigenvalue weighted by Gasteiger charge is 2.55. The van der Waals surface area contributed by atoms with E-state index in [0.717, 1.165) is 12.5 Å². The molecule has 3 nitrogen and oxygen atoms in total. The molecule has 0 aliphatic carbocycles. The Kier molecular flexibility index (Phi) is 3.54. The first-order valence-corrected chi connectivity index (χ1v) is 5.84. The molecule has 0 aromatic heterocycles. The summed E-state index contributed by atoms with van der Waals surface area (Å²) in [6.07, 6.45) is -4.50. The van der Waals surface area contributed by atoms with E-state index in [-0.39, 0.29) is 6.54 Å². The second-order valence-corrected chi connectivity index (χ2v) is 4.75. The summed E-state index contributed by atoms with van der Waals surface area (Å²) >= 11 is 0. The van der Waals surface area contributed by atoms with Crippen LogP contribution in [0, 0.1) is 0 Å². The zero-order chi connectivity index (χ0) is 14.1. The van der Waals surface area contributed by atoms with E-state index in [9.17, 15) is 18.0 Å². The SMILES string of the molecule is C[C@]1(C(F)(F)F)CN(Cc2ccccc2)C(=O)CO1. The van der Waals surface area contributed by atoms with Crippen molar-refractivity contribution in [1.29, 1.82) is 0 Å². The van der Waals surface area contributed by atoms with Crippen LogP contribution >= 0.6 is 0 Å². The minimum atomic E-state index is -4.50. The normalized spacial score (nSPS) is 24.6. The lowest BCUT2D eigenvalue weighted by Gasteiger charge is -2.41. The predicted molar refractivity (Wildman–Crippen MR) is 62.3 cm³/mol. The van der Waals surface area contributed by atoms with Crippen LogP contribution in [0.15, 0.2) is 30.3 Å². The van der Waals surface area contributed by atoms with Crippen LogP contribution < -0.4 is 0 Å². The van der Waals surface area contributed by atoms with E-state index >= 15 is 0 Å². The molecule has 0 unspecified atom stereocenters. The molecule has 0 N–H and O–H groups in total. The molecule has 1 fully saturated rings. The van der Waals surface area contributed by atoms with Crippen LogP contribution in [0.5, 0.6) is 0 Å². The number of amides is 1. The Balaban J connectivity index is 2.14. The number of alkyl halides is 3. The summed E-state index contributed by atoms with van der Waals surface area (Å²) in [5.41, 5.74) is -1.50. The predicted octanol–water partition coefficient (Wildman–Crippen LogP) is 2.37. The summed E-state index contributed by atoms with van der Waals surface area (Å²) in [5, 5.41) is 0. The smallest absolute Gasteiger partial charge is 0.354 e. The van der Waals surface area contributed by atoms with Gasteiger partial charge in [0, 0.05) is 6.54 Å². The minimum absolute atomic E-state index is 0.161. The molecule has 104 valence electrons. The number of hydrogen-bond donors (Lipinski definition) is 0. The number of nitrogens with zero attached hydrogens (tertiary/aromatic N) is 1. The summed E-state index contributed by atoms with van der Waals surface area (Å²) in [7, 11) is 0. The monoisotopic (exact) mass is 273 g/mol. The molecule has 0 saturated carbocycles. The van der Waals surface area contributed by atoms with Crippen molar-refractivity contribution < 1.29 is 22.7 Å². The van der Waals surface area contributed by atoms with Gasteiger partial charge in [-0.1, -0.05) is 30.3 Å². The van der Waals surface area contributed by atoms with Gasteiger partial charge in [0.05, 0.1) is 6.54 Å². The summed E-state index contributed by atoms with van der Waals surface area (Å²) in [6.45, 7) is 0.110. The quantitative estimate of drug-likeness (QED) is 0.828. The first-order chi connectivity index (χ1) is 8.82. The third kappa shape index (κ3) is 2.89. The highest BCUT2D eigenvalue weighted by atomic mass is 19.4. The molecule has 2 rings (SSSR count). The first kappa shape index (κ1) is 13.9. The van der Waals surface area contributed by atoms with Crippen molar-refractivity contribution in [2.75, 3.05) is 13.2 Å². The van der Waals surface area contributed by atoms with Crippen LogP contribution in [-0.2, 0) is 16.1 Å². The van der Waals surface area contributed by atoms with Crippen molar-refractivity contribution in [3.05, 3.63) is 35.9 Å². The molecule has 0 radical (unpaired) electrons. The molecule has 1 atom stereocenters. The van der Waals surface area contributed by atoms with E-state index in [1.165, 1.54) is 4.90 Å². The number of morpholine rings is 1. The molecular formula is C13H14F3NO2. The highest BCUT2D eigenvalue weighted by molar-refractivity contribution is 5.78. The summed E-state index contributed by atoms with van der Waals surface area (Å²) in [4.78, 5) is 12.8. The van der Waals surface area contributed by atoms with Gasteiger partial charge < -0.3 is 9.64 Å². The average Bonchev–Trinajstić information content (AvgIpc) is 2.34. The zero-order valence-corrected chi connectivity index (χ0v) is 10.4. The molecule has 0 spiro atoms. The largest absolute Gasteiger partial charge is 0.418 e. The topological polar surface area (TPSA) is 29.5 Å². The van der Waals surface area contributed by atoms with Crippen molar-refractivity contribution in [3.8, 4) is 0 Å². The summed E-state index contributed by atoms with van der Waals surface area (Å²) < 4.78 is 43.4. The third-order valence-corrected chi connectivity index (χ3v) is 3.18. The Morgan fingerprint density at radius 3 is 2.53 bits per heavy atom.